The van der Waals surface area contributed by atoms with Gasteiger partial charge in [-0.1, -0.05) is 55.7 Å². The highest BCUT2D eigenvalue weighted by molar-refractivity contribution is 7.99. The van der Waals surface area contributed by atoms with Crippen LogP contribution >= 0.6 is 46.3 Å². The molecule has 0 fully saturated rings. The maximum Gasteiger partial charge on any atom is 0.277 e. The molecule has 2 heterocycles. The molecule has 4 rings (SSSR count). The Kier molecular flexibility index (Phi) is 9.07. The molecule has 37 heavy (non-hydrogen) atoms. The van der Waals surface area contributed by atoms with Gasteiger partial charge in [-0.05, 0) is 60.8 Å². The van der Waals surface area contributed by atoms with Gasteiger partial charge in [-0.3, -0.25) is 4.79 Å². The fraction of sp³-hybridized carbons (Fsp3) is 0.462. The molecule has 0 unspecified atom stereocenters. The van der Waals surface area contributed by atoms with Crippen LogP contribution in [0.5, 0.6) is 5.75 Å². The number of thioether (sulfide) groups is 1. The van der Waals surface area contributed by atoms with E-state index in [9.17, 15) is 10.1 Å². The number of hydrogen-bond donors (Lipinski definition) is 1. The van der Waals surface area contributed by atoms with E-state index in [1.54, 1.807) is 18.2 Å². The van der Waals surface area contributed by atoms with Crippen molar-refractivity contribution < 1.29 is 13.9 Å². The maximum absolute atomic E-state index is 12.6. The normalized spacial score (nSPS) is 15.2. The second-order valence-corrected chi connectivity index (χ2v) is 12.8. The van der Waals surface area contributed by atoms with E-state index in [1.807, 2.05) is 0 Å². The van der Waals surface area contributed by atoms with E-state index in [0.717, 1.165) is 24.8 Å². The number of fused-ring (bicyclic) bond motifs is 1. The summed E-state index contributed by atoms with van der Waals surface area (Å²) < 4.78 is 11.3. The zero-order valence-corrected chi connectivity index (χ0v) is 24.0. The molecule has 1 N–H and O–H groups in total. The van der Waals surface area contributed by atoms with Crippen LogP contribution in [-0.4, -0.2) is 28.5 Å². The van der Waals surface area contributed by atoms with E-state index in [0.29, 0.717) is 62.8 Å². The van der Waals surface area contributed by atoms with Gasteiger partial charge in [-0.15, -0.1) is 21.5 Å². The van der Waals surface area contributed by atoms with Gasteiger partial charge in [0, 0.05) is 16.3 Å². The number of thiophene rings is 1. The molecule has 0 saturated carbocycles. The van der Waals surface area contributed by atoms with Gasteiger partial charge in [0.2, 0.25) is 11.8 Å². The van der Waals surface area contributed by atoms with Crippen molar-refractivity contribution in [3.8, 4) is 11.8 Å². The Balaban J connectivity index is 1.24. The first kappa shape index (κ1) is 27.8. The monoisotopic (exact) mass is 578 g/mol. The van der Waals surface area contributed by atoms with E-state index >= 15 is 0 Å². The lowest BCUT2D eigenvalue weighted by Crippen LogP contribution is -2.26. The minimum Gasteiger partial charge on any atom is -0.492 e. The smallest absolute Gasteiger partial charge is 0.277 e. The third kappa shape index (κ3) is 7.20. The second-order valence-electron chi connectivity index (χ2n) is 9.95. The topological polar surface area (TPSA) is 101 Å². The summed E-state index contributed by atoms with van der Waals surface area (Å²) >= 11 is 14.7. The molecule has 7 nitrogen and oxygen atoms in total. The molecule has 2 aromatic heterocycles. The highest BCUT2D eigenvalue weighted by Crippen LogP contribution is 2.44. The minimum atomic E-state index is -0.208. The van der Waals surface area contributed by atoms with Crippen LogP contribution < -0.4 is 10.1 Å². The van der Waals surface area contributed by atoms with Crippen LogP contribution in [0.15, 0.2) is 27.8 Å². The number of halogens is 2. The lowest BCUT2D eigenvalue weighted by atomic mass is 9.72. The van der Waals surface area contributed by atoms with Gasteiger partial charge in [0.1, 0.15) is 16.8 Å². The number of amides is 1. The summed E-state index contributed by atoms with van der Waals surface area (Å²) in [6.45, 7) is 7.21. The molecule has 3 aromatic rings. The van der Waals surface area contributed by atoms with E-state index in [4.69, 9.17) is 32.4 Å². The predicted molar refractivity (Wildman–Crippen MR) is 148 cm³/mol. The molecule has 1 aromatic carbocycles. The van der Waals surface area contributed by atoms with Crippen LogP contribution in [0, 0.1) is 22.7 Å². The molecule has 1 amide bonds. The van der Waals surface area contributed by atoms with Crippen LogP contribution in [0.4, 0.5) is 5.00 Å². The SMILES string of the molecule is CC(C)(C)[C@H]1CCc2c(sc(NC(=O)CSc3nnc(CCCOc4ccc(Cl)cc4Cl)o3)c2C#N)C1. The quantitative estimate of drug-likeness (QED) is 0.211. The molecule has 1 aliphatic rings. The molecule has 0 bridgehead atoms. The summed E-state index contributed by atoms with van der Waals surface area (Å²) in [4.78, 5) is 13.8. The number of nitrogens with zero attached hydrogens (tertiary/aromatic N) is 3. The average molecular weight is 580 g/mol. The second kappa shape index (κ2) is 12.1. The molecule has 11 heteroatoms. The Morgan fingerprint density at radius 3 is 2.89 bits per heavy atom. The van der Waals surface area contributed by atoms with Crippen molar-refractivity contribution in [1.29, 1.82) is 5.26 Å². The molecule has 0 radical (unpaired) electrons. The Bertz CT molecular complexity index is 1310. The van der Waals surface area contributed by atoms with E-state index < -0.39 is 0 Å². The van der Waals surface area contributed by atoms with Crippen LogP contribution in [0.3, 0.4) is 0 Å². The lowest BCUT2D eigenvalue weighted by molar-refractivity contribution is -0.113. The number of rotatable bonds is 9. The Hall–Kier alpha value is -2.25. The number of aromatic nitrogens is 2. The average Bonchev–Trinajstić information content (AvgIpc) is 3.44. The van der Waals surface area contributed by atoms with Crippen molar-refractivity contribution >= 4 is 57.2 Å². The standard InChI is InChI=1S/C26H28Cl2N4O3S2/c1-26(2,3)15-6-8-17-18(13-29)24(37-21(17)11-15)30-22(33)14-36-25-32-31-23(35-25)5-4-10-34-20-9-7-16(27)12-19(20)28/h7,9,12,15H,4-6,8,10-11,14H2,1-3H3,(H,30,33)/t15-/m0/s1. The maximum atomic E-state index is 12.6. The number of hydrogen-bond acceptors (Lipinski definition) is 8. The summed E-state index contributed by atoms with van der Waals surface area (Å²) in [5.74, 6) is 1.51. The van der Waals surface area contributed by atoms with Gasteiger partial charge in [-0.25, -0.2) is 0 Å². The first-order chi connectivity index (χ1) is 17.6. The molecule has 0 saturated heterocycles. The first-order valence-corrected chi connectivity index (χ1v) is 14.6. The third-order valence-electron chi connectivity index (χ3n) is 6.32. The number of ether oxygens (including phenoxy) is 1. The largest absolute Gasteiger partial charge is 0.492 e. The van der Waals surface area contributed by atoms with Crippen molar-refractivity contribution in [3.63, 3.8) is 0 Å². The molecule has 1 atom stereocenters. The van der Waals surface area contributed by atoms with Crippen molar-refractivity contribution in [2.45, 2.75) is 58.1 Å². The summed E-state index contributed by atoms with van der Waals surface area (Å²) in [6, 6.07) is 7.38. The third-order valence-corrected chi connectivity index (χ3v) is 8.84. The minimum absolute atomic E-state index is 0.109. The summed E-state index contributed by atoms with van der Waals surface area (Å²) in [6.07, 6.45) is 4.08. The fourth-order valence-corrected chi connectivity index (χ4v) is 6.55. The summed E-state index contributed by atoms with van der Waals surface area (Å²) in [7, 11) is 0. The highest BCUT2D eigenvalue weighted by atomic mass is 35.5. The summed E-state index contributed by atoms with van der Waals surface area (Å²) in [5, 5.41) is 22.7. The molecular formula is C26H28Cl2N4O3S2. The van der Waals surface area contributed by atoms with Crippen molar-refractivity contribution in [2.24, 2.45) is 11.3 Å². The van der Waals surface area contributed by atoms with Crippen molar-refractivity contribution in [3.05, 3.63) is 50.1 Å². The first-order valence-electron chi connectivity index (χ1n) is 12.0. The predicted octanol–water partition coefficient (Wildman–Crippen LogP) is 7.20. The van der Waals surface area contributed by atoms with E-state index in [1.165, 1.54) is 28.0 Å². The number of carbonyl (C=O) groups is 1. The Morgan fingerprint density at radius 2 is 2.16 bits per heavy atom. The number of carbonyl (C=O) groups excluding carboxylic acids is 1. The zero-order chi connectivity index (χ0) is 26.6. The molecule has 0 aliphatic heterocycles. The van der Waals surface area contributed by atoms with Crippen LogP contribution in [0.1, 0.15) is 55.5 Å². The van der Waals surface area contributed by atoms with E-state index in [-0.39, 0.29) is 17.1 Å². The van der Waals surface area contributed by atoms with Crippen molar-refractivity contribution in [1.82, 2.24) is 10.2 Å². The van der Waals surface area contributed by atoms with Gasteiger partial charge >= 0.3 is 0 Å². The highest BCUT2D eigenvalue weighted by Gasteiger charge is 2.32. The number of anilines is 1. The lowest BCUT2D eigenvalue weighted by Gasteiger charge is -2.33. The number of nitrogens with one attached hydrogen (secondary N) is 1. The van der Waals surface area contributed by atoms with Gasteiger partial charge in [0.15, 0.2) is 0 Å². The zero-order valence-electron chi connectivity index (χ0n) is 20.9. The number of aryl methyl sites for hydroxylation is 1. The summed E-state index contributed by atoms with van der Waals surface area (Å²) in [5.41, 5.74) is 1.92. The number of nitriles is 1. The van der Waals surface area contributed by atoms with Gasteiger partial charge in [-0.2, -0.15) is 5.26 Å². The van der Waals surface area contributed by atoms with Gasteiger partial charge in [0.05, 0.1) is 22.9 Å². The van der Waals surface area contributed by atoms with Crippen LogP contribution in [0.2, 0.25) is 10.0 Å². The fourth-order valence-electron chi connectivity index (χ4n) is 4.22. The Morgan fingerprint density at radius 1 is 1.35 bits per heavy atom. The molecule has 196 valence electrons. The molecule has 0 spiro atoms. The van der Waals surface area contributed by atoms with Crippen molar-refractivity contribution in [2.75, 3.05) is 17.7 Å². The van der Waals surface area contributed by atoms with Crippen LogP contribution in [-0.2, 0) is 24.1 Å². The van der Waals surface area contributed by atoms with Gasteiger partial charge in [0.25, 0.3) is 5.22 Å². The molecular weight excluding hydrogens is 551 g/mol. The van der Waals surface area contributed by atoms with Crippen LogP contribution in [0.25, 0.3) is 0 Å². The van der Waals surface area contributed by atoms with Gasteiger partial charge < -0.3 is 14.5 Å². The number of benzene rings is 1. The Labute approximate surface area is 234 Å². The van der Waals surface area contributed by atoms with E-state index in [2.05, 4.69) is 42.4 Å². The molecule has 1 aliphatic carbocycles.